The summed E-state index contributed by atoms with van der Waals surface area (Å²) in [6.45, 7) is 2.10. The van der Waals surface area contributed by atoms with Crippen LogP contribution in [-0.2, 0) is 4.79 Å². The average Bonchev–Trinajstić information content (AvgIpc) is 2.45. The maximum absolute atomic E-state index is 12.3. The Bertz CT molecular complexity index is 574. The smallest absolute Gasteiger partial charge is 0.391 e. The molecule has 23 heavy (non-hydrogen) atoms. The lowest BCUT2D eigenvalue weighted by atomic mass is 10.1. The van der Waals surface area contributed by atoms with Gasteiger partial charge in [-0.1, -0.05) is 0 Å². The van der Waals surface area contributed by atoms with Crippen LogP contribution in [0.15, 0.2) is 18.2 Å². The number of carbonyl (C=O) groups is 2. The molecule has 0 saturated heterocycles. The number of hydrogen-bond donors (Lipinski definition) is 2. The standard InChI is InChI=1S/C14H16F3NO5/c1-3-23-10-5-4-8(6-11(10)22-2)12(19)18-9(13(20)21)7-14(15,16)17/h4-6,9H,3,7H2,1-2H3,(H,18,19)(H,20,21). The Labute approximate surface area is 130 Å². The molecular weight excluding hydrogens is 319 g/mol. The van der Waals surface area contributed by atoms with E-state index < -0.39 is 30.5 Å². The number of benzene rings is 1. The number of aliphatic carboxylic acids is 1. The Morgan fingerprint density at radius 1 is 1.30 bits per heavy atom. The number of nitrogens with one attached hydrogen (secondary N) is 1. The summed E-state index contributed by atoms with van der Waals surface area (Å²) in [5, 5.41) is 10.6. The molecule has 0 aromatic heterocycles. The number of hydrogen-bond acceptors (Lipinski definition) is 4. The van der Waals surface area contributed by atoms with Gasteiger partial charge < -0.3 is 19.9 Å². The van der Waals surface area contributed by atoms with E-state index in [0.29, 0.717) is 12.4 Å². The quantitative estimate of drug-likeness (QED) is 0.798. The maximum atomic E-state index is 12.3. The largest absolute Gasteiger partial charge is 0.493 e. The monoisotopic (exact) mass is 335 g/mol. The van der Waals surface area contributed by atoms with Crippen molar-refractivity contribution in [3.8, 4) is 11.5 Å². The van der Waals surface area contributed by atoms with Gasteiger partial charge in [-0.2, -0.15) is 13.2 Å². The van der Waals surface area contributed by atoms with Crippen LogP contribution in [0.1, 0.15) is 23.7 Å². The van der Waals surface area contributed by atoms with Crippen molar-refractivity contribution in [2.75, 3.05) is 13.7 Å². The second kappa shape index (κ2) is 7.70. The van der Waals surface area contributed by atoms with E-state index in [1.165, 1.54) is 25.3 Å². The van der Waals surface area contributed by atoms with Gasteiger partial charge in [0.15, 0.2) is 11.5 Å². The van der Waals surface area contributed by atoms with Crippen molar-refractivity contribution in [1.82, 2.24) is 5.32 Å². The third-order valence-electron chi connectivity index (χ3n) is 2.76. The molecule has 0 bridgehead atoms. The van der Waals surface area contributed by atoms with Crippen molar-refractivity contribution in [1.29, 1.82) is 0 Å². The molecule has 0 heterocycles. The highest BCUT2D eigenvalue weighted by molar-refractivity contribution is 5.97. The Morgan fingerprint density at radius 3 is 2.43 bits per heavy atom. The Hall–Kier alpha value is -2.45. The van der Waals surface area contributed by atoms with Crippen LogP contribution in [0, 0.1) is 0 Å². The number of carboxylic acid groups (broad SMARTS) is 1. The first-order chi connectivity index (χ1) is 10.7. The van der Waals surface area contributed by atoms with E-state index in [9.17, 15) is 22.8 Å². The number of methoxy groups -OCH3 is 1. The van der Waals surface area contributed by atoms with E-state index in [4.69, 9.17) is 14.6 Å². The lowest BCUT2D eigenvalue weighted by molar-refractivity contribution is -0.157. The molecule has 0 radical (unpaired) electrons. The van der Waals surface area contributed by atoms with Gasteiger partial charge >= 0.3 is 12.1 Å². The zero-order valence-corrected chi connectivity index (χ0v) is 12.4. The highest BCUT2D eigenvalue weighted by atomic mass is 19.4. The van der Waals surface area contributed by atoms with Crippen LogP contribution in [0.3, 0.4) is 0 Å². The molecule has 0 aliphatic carbocycles. The number of rotatable bonds is 7. The summed E-state index contributed by atoms with van der Waals surface area (Å²) in [6, 6.07) is 1.90. The zero-order chi connectivity index (χ0) is 17.6. The van der Waals surface area contributed by atoms with Crippen LogP contribution in [0.25, 0.3) is 0 Å². The molecule has 0 aliphatic rings. The Balaban J connectivity index is 2.93. The molecule has 1 amide bonds. The Kier molecular flexibility index (Phi) is 6.23. The van der Waals surface area contributed by atoms with Crippen molar-refractivity contribution < 1.29 is 37.3 Å². The summed E-state index contributed by atoms with van der Waals surface area (Å²) in [5.41, 5.74) is -0.0428. The molecule has 0 saturated carbocycles. The van der Waals surface area contributed by atoms with E-state index in [1.807, 2.05) is 5.32 Å². The summed E-state index contributed by atoms with van der Waals surface area (Å²) < 4.78 is 47.2. The van der Waals surface area contributed by atoms with Crippen LogP contribution in [0.5, 0.6) is 11.5 Å². The maximum Gasteiger partial charge on any atom is 0.391 e. The molecule has 0 fully saturated rings. The normalized spacial score (nSPS) is 12.4. The number of amides is 1. The fourth-order valence-electron chi connectivity index (χ4n) is 1.76. The summed E-state index contributed by atoms with van der Waals surface area (Å²) in [5.74, 6) is -2.16. The molecule has 0 spiro atoms. The SMILES string of the molecule is CCOc1ccc(C(=O)NC(CC(F)(F)F)C(=O)O)cc1OC. The topological polar surface area (TPSA) is 84.9 Å². The van der Waals surface area contributed by atoms with Crippen LogP contribution in [0.4, 0.5) is 13.2 Å². The fourth-order valence-corrected chi connectivity index (χ4v) is 1.76. The fraction of sp³-hybridized carbons (Fsp3) is 0.429. The van der Waals surface area contributed by atoms with Gasteiger partial charge in [-0.25, -0.2) is 4.79 Å². The highest BCUT2D eigenvalue weighted by Gasteiger charge is 2.36. The molecule has 9 heteroatoms. The molecule has 1 aromatic rings. The minimum absolute atomic E-state index is 0.0428. The van der Waals surface area contributed by atoms with Crippen LogP contribution >= 0.6 is 0 Å². The van der Waals surface area contributed by atoms with Gasteiger partial charge in [0.05, 0.1) is 20.1 Å². The van der Waals surface area contributed by atoms with Gasteiger partial charge in [0.2, 0.25) is 0 Å². The van der Waals surface area contributed by atoms with Crippen LogP contribution in [-0.4, -0.2) is 42.9 Å². The Morgan fingerprint density at radius 2 is 1.96 bits per heavy atom. The van der Waals surface area contributed by atoms with Crippen molar-refractivity contribution in [3.63, 3.8) is 0 Å². The first-order valence-corrected chi connectivity index (χ1v) is 6.59. The van der Waals surface area contributed by atoms with Gasteiger partial charge in [0, 0.05) is 5.56 Å². The van der Waals surface area contributed by atoms with Gasteiger partial charge in [0.25, 0.3) is 5.91 Å². The predicted octanol–water partition coefficient (Wildman–Crippen LogP) is 2.23. The number of halogens is 3. The first kappa shape index (κ1) is 18.6. The number of carbonyl (C=O) groups excluding carboxylic acids is 1. The average molecular weight is 335 g/mol. The van der Waals surface area contributed by atoms with Crippen molar-refractivity contribution in [2.45, 2.75) is 25.6 Å². The second-order valence-electron chi connectivity index (χ2n) is 4.48. The molecule has 1 atom stereocenters. The molecule has 128 valence electrons. The van der Waals surface area contributed by atoms with Crippen molar-refractivity contribution in [3.05, 3.63) is 23.8 Å². The molecule has 6 nitrogen and oxygen atoms in total. The summed E-state index contributed by atoms with van der Waals surface area (Å²) in [4.78, 5) is 22.8. The molecule has 0 aliphatic heterocycles. The van der Waals surface area contributed by atoms with E-state index in [0.717, 1.165) is 0 Å². The van der Waals surface area contributed by atoms with Crippen molar-refractivity contribution in [2.24, 2.45) is 0 Å². The van der Waals surface area contributed by atoms with Gasteiger partial charge in [0.1, 0.15) is 6.04 Å². The number of alkyl halides is 3. The van der Waals surface area contributed by atoms with Crippen molar-refractivity contribution >= 4 is 11.9 Å². The lowest BCUT2D eigenvalue weighted by Crippen LogP contribution is -2.43. The second-order valence-corrected chi connectivity index (χ2v) is 4.48. The van der Waals surface area contributed by atoms with Gasteiger partial charge in [-0.15, -0.1) is 0 Å². The minimum atomic E-state index is -4.72. The van der Waals surface area contributed by atoms with Gasteiger partial charge in [-0.3, -0.25) is 4.79 Å². The highest BCUT2D eigenvalue weighted by Crippen LogP contribution is 2.28. The molecule has 1 rings (SSSR count). The molecule has 2 N–H and O–H groups in total. The van der Waals surface area contributed by atoms with E-state index in [-0.39, 0.29) is 11.3 Å². The van der Waals surface area contributed by atoms with Crippen LogP contribution in [0.2, 0.25) is 0 Å². The predicted molar refractivity (Wildman–Crippen MR) is 73.7 cm³/mol. The molecule has 1 unspecified atom stereocenters. The third-order valence-corrected chi connectivity index (χ3v) is 2.76. The van der Waals surface area contributed by atoms with E-state index >= 15 is 0 Å². The van der Waals surface area contributed by atoms with Gasteiger partial charge in [-0.05, 0) is 25.1 Å². The van der Waals surface area contributed by atoms with E-state index in [1.54, 1.807) is 6.92 Å². The molecular formula is C14H16F3NO5. The molecule has 1 aromatic carbocycles. The lowest BCUT2D eigenvalue weighted by Gasteiger charge is -2.17. The number of ether oxygens (including phenoxy) is 2. The summed E-state index contributed by atoms with van der Waals surface area (Å²) in [7, 11) is 1.34. The number of carboxylic acids is 1. The summed E-state index contributed by atoms with van der Waals surface area (Å²) >= 11 is 0. The third kappa shape index (κ3) is 5.68. The van der Waals surface area contributed by atoms with E-state index in [2.05, 4.69) is 0 Å². The van der Waals surface area contributed by atoms with Crippen LogP contribution < -0.4 is 14.8 Å². The minimum Gasteiger partial charge on any atom is -0.493 e. The summed E-state index contributed by atoms with van der Waals surface area (Å²) in [6.07, 6.45) is -6.38. The zero-order valence-electron chi connectivity index (χ0n) is 12.4. The first-order valence-electron chi connectivity index (χ1n) is 6.59.